The summed E-state index contributed by atoms with van der Waals surface area (Å²) >= 11 is 3.64. The molecule has 0 aliphatic rings. The van der Waals surface area contributed by atoms with E-state index in [1.807, 2.05) is 72.8 Å². The molecule has 0 unspecified atom stereocenters. The van der Waals surface area contributed by atoms with Gasteiger partial charge in [0.2, 0.25) is 0 Å². The van der Waals surface area contributed by atoms with E-state index >= 15 is 0 Å². The van der Waals surface area contributed by atoms with Gasteiger partial charge in [-0.2, -0.15) is 0 Å². The summed E-state index contributed by atoms with van der Waals surface area (Å²) in [6.45, 7) is 0.740. The summed E-state index contributed by atoms with van der Waals surface area (Å²) in [7, 11) is 4.68. The van der Waals surface area contributed by atoms with E-state index < -0.39 is 0 Å². The van der Waals surface area contributed by atoms with Crippen molar-refractivity contribution in [3.63, 3.8) is 0 Å². The van der Waals surface area contributed by atoms with Crippen LogP contribution < -0.4 is 23.7 Å². The van der Waals surface area contributed by atoms with Crippen molar-refractivity contribution in [2.45, 2.75) is 13.2 Å². The molecule has 0 aromatic heterocycles. The Balaban J connectivity index is 1.90. The van der Waals surface area contributed by atoms with Crippen LogP contribution in [0.25, 0.3) is 10.8 Å². The van der Waals surface area contributed by atoms with Gasteiger partial charge >= 0.3 is 0 Å². The van der Waals surface area contributed by atoms with Gasteiger partial charge in [-0.05, 0) is 39.2 Å². The second-order valence-corrected chi connectivity index (χ2v) is 8.76. The van der Waals surface area contributed by atoms with Crippen LogP contribution in [-0.2, 0) is 22.7 Å². The molecule has 0 saturated heterocycles. The van der Waals surface area contributed by atoms with E-state index in [9.17, 15) is 0 Å². The summed E-state index contributed by atoms with van der Waals surface area (Å²) in [6.07, 6.45) is 0. The van der Waals surface area contributed by atoms with Crippen LogP contribution in [0.4, 0.5) is 0 Å². The predicted octanol–water partition coefficient (Wildman–Crippen LogP) is 6.73. The molecule has 0 N–H and O–H groups in total. The first-order valence-corrected chi connectivity index (χ1v) is 12.4. The van der Waals surface area contributed by atoms with E-state index in [2.05, 4.69) is 15.9 Å². The van der Waals surface area contributed by atoms with Gasteiger partial charge in [-0.1, -0.05) is 60.7 Å². The van der Waals surface area contributed by atoms with Crippen LogP contribution in [-0.4, -0.2) is 34.9 Å². The molecule has 0 aliphatic heterocycles. The number of halogens is 1. The Morgan fingerprint density at radius 3 is 1.46 bits per heavy atom. The molecule has 4 rings (SSSR count). The van der Waals surface area contributed by atoms with Crippen molar-refractivity contribution < 1.29 is 33.2 Å². The molecule has 0 saturated carbocycles. The van der Waals surface area contributed by atoms with Crippen LogP contribution in [0.15, 0.2) is 77.3 Å². The zero-order chi connectivity index (χ0) is 26.0. The van der Waals surface area contributed by atoms with Crippen LogP contribution in [0, 0.1) is 0 Å². The minimum Gasteiger partial charge on any atom is -0.492 e. The van der Waals surface area contributed by atoms with Crippen molar-refractivity contribution in [1.82, 2.24) is 0 Å². The molecule has 0 fully saturated rings. The molecule has 0 heterocycles. The first-order chi connectivity index (χ1) is 18.2. The maximum Gasteiger partial charge on any atom is 0.188 e. The standard InChI is InChI=1S/C29H29BrO7/c1-31-18-36-27-24-22(34-16-20-10-6-4-7-11-20)14-15-23(35-17-21-12-8-5-9-13-21)25(24)28(37-19-32-2)29(33-3)26(27)30/h4-15H,16-19H2,1-3H3. The van der Waals surface area contributed by atoms with Gasteiger partial charge in [-0.3, -0.25) is 0 Å². The van der Waals surface area contributed by atoms with E-state index in [4.69, 9.17) is 33.2 Å². The molecule has 7 nitrogen and oxygen atoms in total. The third-order valence-corrected chi connectivity index (χ3v) is 6.23. The molecule has 0 spiro atoms. The monoisotopic (exact) mass is 568 g/mol. The topological polar surface area (TPSA) is 64.6 Å². The molecule has 0 amide bonds. The summed E-state index contributed by atoms with van der Waals surface area (Å²) in [4.78, 5) is 0. The average molecular weight is 569 g/mol. The van der Waals surface area contributed by atoms with Gasteiger partial charge in [-0.15, -0.1) is 0 Å². The summed E-state index contributed by atoms with van der Waals surface area (Å²) in [6, 6.07) is 23.6. The van der Waals surface area contributed by atoms with Crippen molar-refractivity contribution in [3.05, 3.63) is 88.4 Å². The fraction of sp³-hybridized carbons (Fsp3) is 0.241. The molecule has 0 radical (unpaired) electrons. The van der Waals surface area contributed by atoms with Crippen molar-refractivity contribution in [3.8, 4) is 28.7 Å². The number of fused-ring (bicyclic) bond motifs is 1. The largest absolute Gasteiger partial charge is 0.492 e. The first kappa shape index (κ1) is 26.6. The Morgan fingerprint density at radius 2 is 1.00 bits per heavy atom. The minimum atomic E-state index is 0.00337. The number of ether oxygens (including phenoxy) is 7. The van der Waals surface area contributed by atoms with Crippen LogP contribution in [0.5, 0.6) is 28.7 Å². The third-order valence-electron chi connectivity index (χ3n) is 5.51. The van der Waals surface area contributed by atoms with Crippen LogP contribution in [0.1, 0.15) is 11.1 Å². The Bertz CT molecular complexity index is 1300. The molecule has 4 aromatic rings. The molecule has 0 aliphatic carbocycles. The Labute approximate surface area is 224 Å². The molecular formula is C29H29BrO7. The van der Waals surface area contributed by atoms with Gasteiger partial charge in [0.1, 0.15) is 29.2 Å². The lowest BCUT2D eigenvalue weighted by atomic mass is 10.0. The van der Waals surface area contributed by atoms with Crippen LogP contribution in [0.3, 0.4) is 0 Å². The van der Waals surface area contributed by atoms with Crippen LogP contribution >= 0.6 is 15.9 Å². The zero-order valence-corrected chi connectivity index (χ0v) is 22.6. The van der Waals surface area contributed by atoms with Gasteiger partial charge in [-0.25, -0.2) is 0 Å². The molecule has 0 atom stereocenters. The summed E-state index contributed by atoms with van der Waals surface area (Å²) in [5, 5.41) is 1.28. The molecule has 8 heteroatoms. The quantitative estimate of drug-likeness (QED) is 0.165. The SMILES string of the molecule is COCOc1c(Br)c(OC)c(OCOC)c2c(OCc3ccccc3)ccc(OCc3ccccc3)c12. The highest BCUT2D eigenvalue weighted by molar-refractivity contribution is 9.10. The number of methoxy groups -OCH3 is 3. The fourth-order valence-electron chi connectivity index (χ4n) is 3.84. The summed E-state index contributed by atoms with van der Waals surface area (Å²) in [5.41, 5.74) is 2.06. The number of benzene rings is 4. The first-order valence-electron chi connectivity index (χ1n) is 11.6. The Kier molecular flexibility index (Phi) is 9.48. The highest BCUT2D eigenvalue weighted by Gasteiger charge is 2.27. The van der Waals surface area contributed by atoms with E-state index in [0.29, 0.717) is 57.2 Å². The van der Waals surface area contributed by atoms with Gasteiger partial charge < -0.3 is 33.2 Å². The number of hydrogen-bond donors (Lipinski definition) is 0. The van der Waals surface area contributed by atoms with E-state index in [0.717, 1.165) is 11.1 Å². The van der Waals surface area contributed by atoms with Gasteiger partial charge in [0, 0.05) is 14.2 Å². The maximum absolute atomic E-state index is 6.31. The van der Waals surface area contributed by atoms with Crippen molar-refractivity contribution >= 4 is 26.7 Å². The normalized spacial score (nSPS) is 10.8. The van der Waals surface area contributed by atoms with Crippen molar-refractivity contribution in [2.24, 2.45) is 0 Å². The molecular weight excluding hydrogens is 540 g/mol. The number of hydrogen-bond acceptors (Lipinski definition) is 7. The predicted molar refractivity (Wildman–Crippen MR) is 145 cm³/mol. The van der Waals surface area contributed by atoms with Gasteiger partial charge in [0.25, 0.3) is 0 Å². The Morgan fingerprint density at radius 1 is 0.541 bits per heavy atom. The molecule has 37 heavy (non-hydrogen) atoms. The lowest BCUT2D eigenvalue weighted by Gasteiger charge is -2.22. The second kappa shape index (κ2) is 13.2. The van der Waals surface area contributed by atoms with Gasteiger partial charge in [0.15, 0.2) is 30.8 Å². The highest BCUT2D eigenvalue weighted by Crippen LogP contribution is 2.54. The fourth-order valence-corrected chi connectivity index (χ4v) is 4.50. The highest BCUT2D eigenvalue weighted by atomic mass is 79.9. The molecule has 4 aromatic carbocycles. The van der Waals surface area contributed by atoms with E-state index in [1.165, 1.54) is 0 Å². The zero-order valence-electron chi connectivity index (χ0n) is 21.0. The van der Waals surface area contributed by atoms with Gasteiger partial charge in [0.05, 0.1) is 17.9 Å². The third kappa shape index (κ3) is 6.28. The summed E-state index contributed by atoms with van der Waals surface area (Å²) < 4.78 is 41.4. The van der Waals surface area contributed by atoms with Crippen molar-refractivity contribution in [2.75, 3.05) is 34.9 Å². The lowest BCUT2D eigenvalue weighted by molar-refractivity contribution is 0.0477. The smallest absolute Gasteiger partial charge is 0.188 e. The maximum atomic E-state index is 6.31. The average Bonchev–Trinajstić information content (AvgIpc) is 2.94. The summed E-state index contributed by atoms with van der Waals surface area (Å²) in [5.74, 6) is 2.50. The second-order valence-electron chi connectivity index (χ2n) is 7.97. The minimum absolute atomic E-state index is 0.00337. The molecule has 194 valence electrons. The number of rotatable bonds is 13. The lowest BCUT2D eigenvalue weighted by Crippen LogP contribution is -2.07. The Hall–Kier alpha value is -3.46. The van der Waals surface area contributed by atoms with Crippen molar-refractivity contribution in [1.29, 1.82) is 0 Å². The van der Waals surface area contributed by atoms with Crippen LogP contribution in [0.2, 0.25) is 0 Å². The van der Waals surface area contributed by atoms with E-state index in [1.54, 1.807) is 21.3 Å². The molecule has 0 bridgehead atoms. The van der Waals surface area contributed by atoms with E-state index in [-0.39, 0.29) is 13.6 Å².